The molecule has 2 aromatic carbocycles. The Kier molecular flexibility index (Phi) is 7.13. The summed E-state index contributed by atoms with van der Waals surface area (Å²) in [4.78, 5) is 17.2. The van der Waals surface area contributed by atoms with Gasteiger partial charge in [0.15, 0.2) is 5.96 Å². The highest BCUT2D eigenvalue weighted by molar-refractivity contribution is 14.0. The molecule has 0 amide bonds. The van der Waals surface area contributed by atoms with Crippen LogP contribution in [-0.4, -0.2) is 60.6 Å². The molecule has 0 saturated carbocycles. The second-order valence-corrected chi connectivity index (χ2v) is 6.73. The SMILES string of the molecule is CN=C(NCCc1nc2ccccc2[nH]1)N1CCN(c2ccccc2)CC1.I. The summed E-state index contributed by atoms with van der Waals surface area (Å²) in [6.07, 6.45) is 0.845. The van der Waals surface area contributed by atoms with E-state index in [4.69, 9.17) is 0 Å². The number of aromatic nitrogens is 2. The van der Waals surface area contributed by atoms with Crippen LogP contribution in [0.15, 0.2) is 59.6 Å². The highest BCUT2D eigenvalue weighted by atomic mass is 127. The first-order valence-electron chi connectivity index (χ1n) is 9.53. The molecule has 2 N–H and O–H groups in total. The number of halogens is 1. The molecule has 6 nitrogen and oxygen atoms in total. The summed E-state index contributed by atoms with van der Waals surface area (Å²) < 4.78 is 0. The molecule has 0 spiro atoms. The van der Waals surface area contributed by atoms with Gasteiger partial charge in [-0.2, -0.15) is 0 Å². The number of imidazole rings is 1. The first-order chi connectivity index (χ1) is 13.3. The lowest BCUT2D eigenvalue weighted by molar-refractivity contribution is 0.373. The van der Waals surface area contributed by atoms with Crippen LogP contribution in [0, 0.1) is 0 Å². The largest absolute Gasteiger partial charge is 0.368 e. The Morgan fingerprint density at radius 1 is 1.04 bits per heavy atom. The Bertz CT molecular complexity index is 866. The van der Waals surface area contributed by atoms with Gasteiger partial charge in [0.2, 0.25) is 0 Å². The average molecular weight is 490 g/mol. The number of aliphatic imine (C=N–C) groups is 1. The number of anilines is 1. The molecule has 0 bridgehead atoms. The second kappa shape index (κ2) is 9.77. The molecule has 0 radical (unpaired) electrons. The molecule has 1 aliphatic rings. The minimum atomic E-state index is 0. The van der Waals surface area contributed by atoms with Crippen LogP contribution >= 0.6 is 24.0 Å². The van der Waals surface area contributed by atoms with Crippen LogP contribution < -0.4 is 10.2 Å². The number of piperazine rings is 1. The van der Waals surface area contributed by atoms with Crippen LogP contribution in [0.2, 0.25) is 0 Å². The molecule has 3 aromatic rings. The van der Waals surface area contributed by atoms with E-state index in [0.717, 1.165) is 62.0 Å². The number of hydrogen-bond acceptors (Lipinski definition) is 3. The average Bonchev–Trinajstić information content (AvgIpc) is 3.15. The van der Waals surface area contributed by atoms with Crippen molar-refractivity contribution in [3.05, 3.63) is 60.4 Å². The number of guanidine groups is 1. The second-order valence-electron chi connectivity index (χ2n) is 6.73. The van der Waals surface area contributed by atoms with Crippen LogP contribution in [0.5, 0.6) is 0 Å². The van der Waals surface area contributed by atoms with Crippen LogP contribution in [0.1, 0.15) is 5.82 Å². The van der Waals surface area contributed by atoms with E-state index < -0.39 is 0 Å². The fourth-order valence-electron chi connectivity index (χ4n) is 3.56. The smallest absolute Gasteiger partial charge is 0.193 e. The first kappa shape index (κ1) is 20.4. The molecule has 7 heteroatoms. The zero-order valence-electron chi connectivity index (χ0n) is 16.1. The summed E-state index contributed by atoms with van der Waals surface area (Å²) in [5.74, 6) is 1.98. The summed E-state index contributed by atoms with van der Waals surface area (Å²) in [5.41, 5.74) is 3.41. The normalized spacial score (nSPS) is 14.8. The third kappa shape index (κ3) is 4.76. The predicted molar refractivity (Wildman–Crippen MR) is 127 cm³/mol. The van der Waals surface area contributed by atoms with E-state index in [9.17, 15) is 0 Å². The summed E-state index contributed by atoms with van der Waals surface area (Å²) in [6, 6.07) is 18.8. The van der Waals surface area contributed by atoms with E-state index in [0.29, 0.717) is 0 Å². The Morgan fingerprint density at radius 3 is 2.46 bits per heavy atom. The number of H-pyrrole nitrogens is 1. The van der Waals surface area contributed by atoms with Crippen LogP contribution in [0.25, 0.3) is 11.0 Å². The van der Waals surface area contributed by atoms with Crippen LogP contribution in [0.4, 0.5) is 5.69 Å². The zero-order chi connectivity index (χ0) is 18.5. The minimum Gasteiger partial charge on any atom is -0.368 e. The lowest BCUT2D eigenvalue weighted by Gasteiger charge is -2.37. The lowest BCUT2D eigenvalue weighted by atomic mass is 10.2. The number of nitrogens with zero attached hydrogens (tertiary/aromatic N) is 4. The van der Waals surface area contributed by atoms with Gasteiger partial charge in [-0.25, -0.2) is 4.98 Å². The maximum Gasteiger partial charge on any atom is 0.193 e. The Morgan fingerprint density at radius 2 is 1.75 bits per heavy atom. The van der Waals surface area contributed by atoms with Gasteiger partial charge in [0.05, 0.1) is 11.0 Å². The van der Waals surface area contributed by atoms with Gasteiger partial charge in [0.1, 0.15) is 5.82 Å². The molecule has 2 heterocycles. The van der Waals surface area contributed by atoms with Gasteiger partial charge in [-0.1, -0.05) is 30.3 Å². The molecule has 148 valence electrons. The maximum absolute atomic E-state index is 4.64. The number of aromatic amines is 1. The van der Waals surface area contributed by atoms with Crippen molar-refractivity contribution in [3.8, 4) is 0 Å². The number of para-hydroxylation sites is 3. The van der Waals surface area contributed by atoms with Crippen LogP contribution in [-0.2, 0) is 6.42 Å². The molecule has 1 saturated heterocycles. The van der Waals surface area contributed by atoms with Gasteiger partial charge in [-0.05, 0) is 24.3 Å². The maximum atomic E-state index is 4.64. The van der Waals surface area contributed by atoms with Crippen molar-refractivity contribution in [3.63, 3.8) is 0 Å². The first-order valence-corrected chi connectivity index (χ1v) is 9.53. The monoisotopic (exact) mass is 490 g/mol. The van der Waals surface area contributed by atoms with Gasteiger partial charge in [0.25, 0.3) is 0 Å². The van der Waals surface area contributed by atoms with Gasteiger partial charge < -0.3 is 20.1 Å². The third-order valence-electron chi connectivity index (χ3n) is 5.00. The van der Waals surface area contributed by atoms with Crippen molar-refractivity contribution < 1.29 is 0 Å². The van der Waals surface area contributed by atoms with E-state index in [1.54, 1.807) is 0 Å². The fraction of sp³-hybridized carbons (Fsp3) is 0.333. The standard InChI is InChI=1S/C21H26N6.HI/c1-22-21(23-12-11-20-24-18-9-5-6-10-19(18)25-20)27-15-13-26(14-16-27)17-7-3-2-4-8-17;/h2-10H,11-16H2,1H3,(H,22,23)(H,24,25);1H. The summed E-state index contributed by atoms with van der Waals surface area (Å²) >= 11 is 0. The van der Waals surface area contributed by atoms with Crippen molar-refractivity contribution >= 4 is 46.7 Å². The van der Waals surface area contributed by atoms with Crippen molar-refractivity contribution in [2.24, 2.45) is 4.99 Å². The van der Waals surface area contributed by atoms with Crippen molar-refractivity contribution in [2.45, 2.75) is 6.42 Å². The summed E-state index contributed by atoms with van der Waals surface area (Å²) in [6.45, 7) is 4.77. The Labute approximate surface area is 183 Å². The van der Waals surface area contributed by atoms with Gasteiger partial charge in [-0.3, -0.25) is 4.99 Å². The minimum absolute atomic E-state index is 0. The van der Waals surface area contributed by atoms with E-state index in [-0.39, 0.29) is 24.0 Å². The molecule has 0 unspecified atom stereocenters. The molecule has 1 aliphatic heterocycles. The number of benzene rings is 2. The lowest BCUT2D eigenvalue weighted by Crippen LogP contribution is -2.52. The number of rotatable bonds is 4. The Hall–Kier alpha value is -2.29. The Balaban J connectivity index is 0.00000225. The van der Waals surface area contributed by atoms with Crippen LogP contribution in [0.3, 0.4) is 0 Å². The van der Waals surface area contributed by atoms with Crippen molar-refractivity contribution in [1.29, 1.82) is 0 Å². The number of hydrogen-bond donors (Lipinski definition) is 2. The molecule has 1 fully saturated rings. The summed E-state index contributed by atoms with van der Waals surface area (Å²) in [7, 11) is 1.85. The van der Waals surface area contributed by atoms with Gasteiger partial charge in [-0.15, -0.1) is 24.0 Å². The highest BCUT2D eigenvalue weighted by Gasteiger charge is 2.19. The summed E-state index contributed by atoms with van der Waals surface area (Å²) in [5, 5.41) is 3.48. The molecule has 0 aliphatic carbocycles. The molecule has 4 rings (SSSR count). The molecule has 0 atom stereocenters. The zero-order valence-corrected chi connectivity index (χ0v) is 18.5. The molecule has 28 heavy (non-hydrogen) atoms. The highest BCUT2D eigenvalue weighted by Crippen LogP contribution is 2.15. The quantitative estimate of drug-likeness (QED) is 0.335. The third-order valence-corrected chi connectivity index (χ3v) is 5.00. The predicted octanol–water partition coefficient (Wildman–Crippen LogP) is 3.12. The van der Waals surface area contributed by atoms with Crippen molar-refractivity contribution in [2.75, 3.05) is 44.7 Å². The van der Waals surface area contributed by atoms with E-state index in [2.05, 4.69) is 66.5 Å². The van der Waals surface area contributed by atoms with Gasteiger partial charge in [0, 0.05) is 51.9 Å². The molecular weight excluding hydrogens is 463 g/mol. The number of nitrogens with one attached hydrogen (secondary N) is 2. The van der Waals surface area contributed by atoms with E-state index >= 15 is 0 Å². The van der Waals surface area contributed by atoms with Gasteiger partial charge >= 0.3 is 0 Å². The van der Waals surface area contributed by atoms with E-state index in [1.807, 2.05) is 25.2 Å². The number of fused-ring (bicyclic) bond motifs is 1. The van der Waals surface area contributed by atoms with E-state index in [1.165, 1.54) is 5.69 Å². The van der Waals surface area contributed by atoms with Crippen molar-refractivity contribution in [1.82, 2.24) is 20.2 Å². The molecular formula is C21H27IN6. The topological polar surface area (TPSA) is 59.6 Å². The molecule has 1 aromatic heterocycles. The fourth-order valence-corrected chi connectivity index (χ4v) is 3.56.